The number of carbonyl (C=O) groups excluding carboxylic acids is 1. The summed E-state index contributed by atoms with van der Waals surface area (Å²) in [6, 6.07) is 5.45. The van der Waals surface area contributed by atoms with E-state index in [1.54, 1.807) is 12.1 Å². The Balaban J connectivity index is 2.45. The van der Waals surface area contributed by atoms with Gasteiger partial charge in [0.05, 0.1) is 12.1 Å². The fourth-order valence-corrected chi connectivity index (χ4v) is 1.72. The summed E-state index contributed by atoms with van der Waals surface area (Å²) in [6.07, 6.45) is 0.395. The molecule has 0 aliphatic carbocycles. The van der Waals surface area contributed by atoms with Crippen LogP contribution in [0.5, 0.6) is 0 Å². The van der Waals surface area contributed by atoms with Gasteiger partial charge in [-0.25, -0.2) is 5.01 Å². The highest BCUT2D eigenvalue weighted by Gasteiger charge is 2.23. The first-order valence-electron chi connectivity index (χ1n) is 4.71. The second-order valence-electron chi connectivity index (χ2n) is 3.65. The molecule has 78 valence electrons. The number of hydrogen-bond donors (Lipinski definition) is 0. The SMILES string of the molecule is CC1=NN(c2cc(Cl)ccc2C)C(=O)C1. The van der Waals surface area contributed by atoms with Crippen LogP contribution in [0.4, 0.5) is 5.69 Å². The van der Waals surface area contributed by atoms with Crippen LogP contribution in [0, 0.1) is 6.92 Å². The van der Waals surface area contributed by atoms with Crippen LogP contribution in [0.2, 0.25) is 5.02 Å². The first-order valence-corrected chi connectivity index (χ1v) is 5.09. The molecule has 0 fully saturated rings. The molecule has 0 saturated carbocycles. The summed E-state index contributed by atoms with van der Waals surface area (Å²) in [4.78, 5) is 11.6. The van der Waals surface area contributed by atoms with Crippen molar-refractivity contribution in [1.29, 1.82) is 0 Å². The van der Waals surface area contributed by atoms with E-state index in [9.17, 15) is 4.79 Å². The summed E-state index contributed by atoms with van der Waals surface area (Å²) < 4.78 is 0. The number of hydrazone groups is 1. The Morgan fingerprint density at radius 2 is 2.13 bits per heavy atom. The van der Waals surface area contributed by atoms with Crippen molar-refractivity contribution >= 4 is 28.9 Å². The lowest BCUT2D eigenvalue weighted by atomic mass is 10.2. The summed E-state index contributed by atoms with van der Waals surface area (Å²) >= 11 is 5.89. The number of rotatable bonds is 1. The molecule has 1 aliphatic rings. The van der Waals surface area contributed by atoms with Gasteiger partial charge >= 0.3 is 0 Å². The van der Waals surface area contributed by atoms with Crippen LogP contribution in [0.25, 0.3) is 0 Å². The van der Waals surface area contributed by atoms with Crippen LogP contribution in [-0.2, 0) is 4.79 Å². The normalized spacial score (nSPS) is 15.8. The Labute approximate surface area is 93.3 Å². The third-order valence-corrected chi connectivity index (χ3v) is 2.55. The lowest BCUT2D eigenvalue weighted by Crippen LogP contribution is -2.20. The van der Waals surface area contributed by atoms with E-state index in [0.717, 1.165) is 17.0 Å². The first-order chi connectivity index (χ1) is 7.08. The lowest BCUT2D eigenvalue weighted by Gasteiger charge is -2.14. The number of aryl methyl sites for hydroxylation is 1. The molecule has 1 aromatic carbocycles. The fraction of sp³-hybridized carbons (Fsp3) is 0.273. The van der Waals surface area contributed by atoms with E-state index in [2.05, 4.69) is 5.10 Å². The Bertz CT molecular complexity index is 454. The van der Waals surface area contributed by atoms with Gasteiger partial charge in [0.25, 0.3) is 5.91 Å². The number of halogens is 1. The standard InChI is InChI=1S/C11H11ClN2O/c1-7-3-4-9(12)6-10(7)14-11(15)5-8(2)13-14/h3-4,6H,5H2,1-2H3. The number of hydrogen-bond acceptors (Lipinski definition) is 2. The zero-order chi connectivity index (χ0) is 11.0. The van der Waals surface area contributed by atoms with E-state index in [0.29, 0.717) is 11.4 Å². The highest BCUT2D eigenvalue weighted by atomic mass is 35.5. The smallest absolute Gasteiger partial charge is 0.253 e. The molecule has 0 bridgehead atoms. The molecule has 3 nitrogen and oxygen atoms in total. The number of amides is 1. The van der Waals surface area contributed by atoms with Crippen LogP contribution in [0.3, 0.4) is 0 Å². The summed E-state index contributed by atoms with van der Waals surface area (Å²) in [6.45, 7) is 3.78. The van der Waals surface area contributed by atoms with E-state index in [1.807, 2.05) is 19.9 Å². The van der Waals surface area contributed by atoms with Crippen molar-refractivity contribution in [2.45, 2.75) is 20.3 Å². The van der Waals surface area contributed by atoms with Gasteiger partial charge in [-0.1, -0.05) is 17.7 Å². The second-order valence-corrected chi connectivity index (χ2v) is 4.08. The molecule has 0 N–H and O–H groups in total. The molecule has 1 heterocycles. The number of carbonyl (C=O) groups is 1. The van der Waals surface area contributed by atoms with Crippen LogP contribution in [0.15, 0.2) is 23.3 Å². The molecule has 1 aliphatic heterocycles. The average Bonchev–Trinajstić information content (AvgIpc) is 2.50. The lowest BCUT2D eigenvalue weighted by molar-refractivity contribution is -0.116. The van der Waals surface area contributed by atoms with Gasteiger partial charge in [0, 0.05) is 10.7 Å². The largest absolute Gasteiger partial charge is 0.272 e. The van der Waals surface area contributed by atoms with E-state index in [1.165, 1.54) is 5.01 Å². The molecule has 0 atom stereocenters. The van der Waals surface area contributed by atoms with Crippen LogP contribution >= 0.6 is 11.6 Å². The molecule has 4 heteroatoms. The maximum atomic E-state index is 11.6. The van der Waals surface area contributed by atoms with Gasteiger partial charge in [-0.2, -0.15) is 5.10 Å². The third-order valence-electron chi connectivity index (χ3n) is 2.31. The Hall–Kier alpha value is -1.35. The number of anilines is 1. The molecular formula is C11H11ClN2O. The molecule has 0 aromatic heterocycles. The molecule has 15 heavy (non-hydrogen) atoms. The van der Waals surface area contributed by atoms with Crippen molar-refractivity contribution in [3.63, 3.8) is 0 Å². The molecule has 0 radical (unpaired) electrons. The van der Waals surface area contributed by atoms with Crippen molar-refractivity contribution in [3.8, 4) is 0 Å². The van der Waals surface area contributed by atoms with Crippen molar-refractivity contribution < 1.29 is 4.79 Å². The fourth-order valence-electron chi connectivity index (χ4n) is 1.55. The van der Waals surface area contributed by atoms with Crippen molar-refractivity contribution in [3.05, 3.63) is 28.8 Å². The molecule has 2 rings (SSSR count). The maximum absolute atomic E-state index is 11.6. The minimum absolute atomic E-state index is 0.00198. The summed E-state index contributed by atoms with van der Waals surface area (Å²) in [5, 5.41) is 6.22. The van der Waals surface area contributed by atoms with E-state index in [4.69, 9.17) is 11.6 Å². The molecule has 0 saturated heterocycles. The topological polar surface area (TPSA) is 32.7 Å². The summed E-state index contributed by atoms with van der Waals surface area (Å²) in [5.41, 5.74) is 2.59. The molecule has 1 aromatic rings. The highest BCUT2D eigenvalue weighted by Crippen LogP contribution is 2.27. The Morgan fingerprint density at radius 3 is 2.73 bits per heavy atom. The first kappa shape index (κ1) is 10.2. The minimum atomic E-state index is -0.00198. The average molecular weight is 223 g/mol. The molecule has 1 amide bonds. The Kier molecular flexibility index (Phi) is 2.49. The van der Waals surface area contributed by atoms with Gasteiger partial charge in [-0.3, -0.25) is 4.79 Å². The third kappa shape index (κ3) is 1.88. The summed E-state index contributed by atoms with van der Waals surface area (Å²) in [5.74, 6) is -0.00198. The predicted octanol–water partition coefficient (Wildman–Crippen LogP) is 2.76. The quantitative estimate of drug-likeness (QED) is 0.719. The molecule has 0 unspecified atom stereocenters. The summed E-state index contributed by atoms with van der Waals surface area (Å²) in [7, 11) is 0. The van der Waals surface area contributed by atoms with Gasteiger partial charge in [-0.15, -0.1) is 0 Å². The molecular weight excluding hydrogens is 212 g/mol. The Morgan fingerprint density at radius 1 is 1.40 bits per heavy atom. The second kappa shape index (κ2) is 3.66. The van der Waals surface area contributed by atoms with Gasteiger partial charge in [-0.05, 0) is 31.5 Å². The minimum Gasteiger partial charge on any atom is -0.272 e. The number of nitrogens with zero attached hydrogens (tertiary/aromatic N) is 2. The number of benzene rings is 1. The van der Waals surface area contributed by atoms with Gasteiger partial charge in [0.1, 0.15) is 0 Å². The van der Waals surface area contributed by atoms with Crippen molar-refractivity contribution in [2.75, 3.05) is 5.01 Å². The predicted molar refractivity (Wildman–Crippen MR) is 61.4 cm³/mol. The zero-order valence-corrected chi connectivity index (χ0v) is 9.38. The maximum Gasteiger partial charge on any atom is 0.253 e. The zero-order valence-electron chi connectivity index (χ0n) is 8.62. The molecule has 0 spiro atoms. The van der Waals surface area contributed by atoms with Crippen molar-refractivity contribution in [1.82, 2.24) is 0 Å². The monoisotopic (exact) mass is 222 g/mol. The van der Waals surface area contributed by atoms with Gasteiger partial charge < -0.3 is 0 Å². The van der Waals surface area contributed by atoms with E-state index in [-0.39, 0.29) is 5.91 Å². The van der Waals surface area contributed by atoms with Crippen molar-refractivity contribution in [2.24, 2.45) is 5.10 Å². The van der Waals surface area contributed by atoms with E-state index >= 15 is 0 Å². The highest BCUT2D eigenvalue weighted by molar-refractivity contribution is 6.31. The van der Waals surface area contributed by atoms with Crippen LogP contribution in [0.1, 0.15) is 18.9 Å². The van der Waals surface area contributed by atoms with Crippen LogP contribution < -0.4 is 5.01 Å². The van der Waals surface area contributed by atoms with Gasteiger partial charge in [0.2, 0.25) is 0 Å². The van der Waals surface area contributed by atoms with Crippen LogP contribution in [-0.4, -0.2) is 11.6 Å². The van der Waals surface area contributed by atoms with Gasteiger partial charge in [0.15, 0.2) is 0 Å². The van der Waals surface area contributed by atoms with E-state index < -0.39 is 0 Å².